The molecule has 3 nitrogen and oxygen atoms in total. The van der Waals surface area contributed by atoms with Crippen molar-refractivity contribution in [3.63, 3.8) is 0 Å². The molecule has 0 aliphatic rings. The van der Waals surface area contributed by atoms with E-state index >= 15 is 0 Å². The van der Waals surface area contributed by atoms with E-state index in [-0.39, 0.29) is 11.3 Å². The smallest absolute Gasteiger partial charge is 0.366 e. The number of carbonyl (C=O) groups excluding carboxylic acids is 1. The molecule has 3 rings (SSSR count). The maximum absolute atomic E-state index is 14.4. The minimum atomic E-state index is -4.66. The number of para-hydroxylation sites is 1. The van der Waals surface area contributed by atoms with Crippen molar-refractivity contribution in [3.8, 4) is 5.69 Å². The van der Waals surface area contributed by atoms with Crippen LogP contribution in [0.25, 0.3) is 16.6 Å². The quantitative estimate of drug-likeness (QED) is 0.592. The summed E-state index contributed by atoms with van der Waals surface area (Å²) in [5, 5.41) is 0.441. The molecular formula is C17H11BrF4N2O. The van der Waals surface area contributed by atoms with Gasteiger partial charge in [0, 0.05) is 11.6 Å². The molecular weight excluding hydrogens is 404 g/mol. The topological polar surface area (TPSA) is 48.0 Å². The Kier molecular flexibility index (Phi) is 4.10. The van der Waals surface area contributed by atoms with Crippen LogP contribution in [0, 0.1) is 12.7 Å². The zero-order chi connectivity index (χ0) is 18.5. The van der Waals surface area contributed by atoms with Crippen LogP contribution in [0.3, 0.4) is 0 Å². The molecule has 0 atom stereocenters. The molecule has 1 heterocycles. The van der Waals surface area contributed by atoms with E-state index in [2.05, 4.69) is 15.9 Å². The van der Waals surface area contributed by atoms with Crippen LogP contribution in [0.4, 0.5) is 17.6 Å². The van der Waals surface area contributed by atoms with E-state index in [0.29, 0.717) is 22.5 Å². The lowest BCUT2D eigenvalue weighted by atomic mass is 10.1. The highest BCUT2D eigenvalue weighted by Crippen LogP contribution is 2.40. The van der Waals surface area contributed by atoms with Gasteiger partial charge in [0.25, 0.3) is 5.91 Å². The van der Waals surface area contributed by atoms with Gasteiger partial charge in [-0.25, -0.2) is 4.39 Å². The first kappa shape index (κ1) is 17.5. The van der Waals surface area contributed by atoms with Crippen molar-refractivity contribution in [2.75, 3.05) is 0 Å². The van der Waals surface area contributed by atoms with Crippen LogP contribution >= 0.6 is 15.9 Å². The SMILES string of the molecule is Cc1cccc2c(C(N)=O)cn(-c3c(F)ccc(C(F)(F)F)c3Br)c12. The molecule has 0 bridgehead atoms. The summed E-state index contributed by atoms with van der Waals surface area (Å²) in [5.74, 6) is -1.62. The van der Waals surface area contributed by atoms with E-state index in [4.69, 9.17) is 5.73 Å². The number of halogens is 5. The molecule has 1 aromatic heterocycles. The number of alkyl halides is 3. The molecule has 0 radical (unpaired) electrons. The first-order chi connectivity index (χ1) is 11.6. The lowest BCUT2D eigenvalue weighted by Gasteiger charge is -2.15. The molecule has 0 spiro atoms. The molecule has 0 unspecified atom stereocenters. The van der Waals surface area contributed by atoms with E-state index in [1.54, 1.807) is 25.1 Å². The highest BCUT2D eigenvalue weighted by Gasteiger charge is 2.35. The zero-order valence-corrected chi connectivity index (χ0v) is 14.4. The van der Waals surface area contributed by atoms with Gasteiger partial charge in [-0.3, -0.25) is 4.79 Å². The van der Waals surface area contributed by atoms with Crippen molar-refractivity contribution in [1.82, 2.24) is 4.57 Å². The number of hydrogen-bond donors (Lipinski definition) is 1. The second kappa shape index (κ2) is 5.87. The third kappa shape index (κ3) is 2.80. The summed E-state index contributed by atoms with van der Waals surface area (Å²) in [6.45, 7) is 1.71. The maximum Gasteiger partial charge on any atom is 0.417 e. The number of rotatable bonds is 2. The van der Waals surface area contributed by atoms with Gasteiger partial charge < -0.3 is 10.3 Å². The van der Waals surface area contributed by atoms with Crippen LogP contribution in [-0.4, -0.2) is 10.5 Å². The summed E-state index contributed by atoms with van der Waals surface area (Å²) in [5.41, 5.74) is 5.19. The summed E-state index contributed by atoms with van der Waals surface area (Å²) in [7, 11) is 0. The van der Waals surface area contributed by atoms with Crippen molar-refractivity contribution >= 4 is 32.7 Å². The average Bonchev–Trinajstić information content (AvgIpc) is 2.87. The lowest BCUT2D eigenvalue weighted by molar-refractivity contribution is -0.138. The normalized spacial score (nSPS) is 11.9. The molecule has 0 fully saturated rings. The summed E-state index contributed by atoms with van der Waals surface area (Å²) in [6, 6.07) is 6.42. The lowest BCUT2D eigenvalue weighted by Crippen LogP contribution is -2.11. The minimum Gasteiger partial charge on any atom is -0.366 e. The van der Waals surface area contributed by atoms with Gasteiger partial charge in [-0.05, 0) is 40.5 Å². The van der Waals surface area contributed by atoms with Gasteiger partial charge in [0.1, 0.15) is 5.82 Å². The fourth-order valence-electron chi connectivity index (χ4n) is 2.81. The maximum atomic E-state index is 14.4. The molecule has 3 aromatic rings. The number of primary amides is 1. The average molecular weight is 415 g/mol. The fraction of sp³-hybridized carbons (Fsp3) is 0.118. The molecule has 25 heavy (non-hydrogen) atoms. The van der Waals surface area contributed by atoms with Crippen molar-refractivity contribution in [1.29, 1.82) is 0 Å². The van der Waals surface area contributed by atoms with E-state index in [0.717, 1.165) is 6.07 Å². The standard InChI is InChI=1S/C17H11BrF4N2O/c1-8-3-2-4-9-10(16(23)25)7-24(14(8)9)15-12(19)6-5-11(13(15)18)17(20,21)22/h2-7H,1H3,(H2,23,25). The Hall–Kier alpha value is -2.35. The predicted octanol–water partition coefficient (Wildman–Crippen LogP) is 4.96. The van der Waals surface area contributed by atoms with E-state index in [9.17, 15) is 22.4 Å². The van der Waals surface area contributed by atoms with Crippen LogP contribution in [-0.2, 0) is 6.18 Å². The van der Waals surface area contributed by atoms with E-state index in [1.165, 1.54) is 10.8 Å². The van der Waals surface area contributed by atoms with Gasteiger partial charge in [0.15, 0.2) is 0 Å². The molecule has 0 aliphatic carbocycles. The third-order valence-corrected chi connectivity index (χ3v) is 4.71. The fourth-order valence-corrected chi connectivity index (χ4v) is 3.55. The molecule has 0 aliphatic heterocycles. The van der Waals surface area contributed by atoms with E-state index in [1.807, 2.05) is 0 Å². The number of amides is 1. The van der Waals surface area contributed by atoms with Crippen LogP contribution in [0.1, 0.15) is 21.5 Å². The Morgan fingerprint density at radius 1 is 1.20 bits per heavy atom. The van der Waals surface area contributed by atoms with Crippen LogP contribution in [0.15, 0.2) is 41.0 Å². The van der Waals surface area contributed by atoms with Crippen LogP contribution in [0.5, 0.6) is 0 Å². The first-order valence-corrected chi connectivity index (χ1v) is 7.88. The number of hydrogen-bond acceptors (Lipinski definition) is 1. The Labute approximate surface area is 148 Å². The molecule has 130 valence electrons. The monoisotopic (exact) mass is 414 g/mol. The number of aryl methyl sites for hydroxylation is 1. The molecule has 1 amide bonds. The van der Waals surface area contributed by atoms with Crippen LogP contribution in [0.2, 0.25) is 0 Å². The Balaban J connectivity index is 2.44. The van der Waals surface area contributed by atoms with Crippen molar-refractivity contribution < 1.29 is 22.4 Å². The largest absolute Gasteiger partial charge is 0.417 e. The summed E-state index contributed by atoms with van der Waals surface area (Å²) in [6.07, 6.45) is -3.41. The van der Waals surface area contributed by atoms with Gasteiger partial charge in [-0.2, -0.15) is 13.2 Å². The number of aromatic nitrogens is 1. The van der Waals surface area contributed by atoms with Gasteiger partial charge in [-0.15, -0.1) is 0 Å². The number of fused-ring (bicyclic) bond motifs is 1. The highest BCUT2D eigenvalue weighted by atomic mass is 79.9. The van der Waals surface area contributed by atoms with Crippen molar-refractivity contribution in [2.24, 2.45) is 5.73 Å². The third-order valence-electron chi connectivity index (χ3n) is 3.91. The molecule has 0 saturated heterocycles. The molecule has 2 aromatic carbocycles. The predicted molar refractivity (Wildman–Crippen MR) is 89.2 cm³/mol. The van der Waals surface area contributed by atoms with Crippen molar-refractivity contribution in [2.45, 2.75) is 13.1 Å². The minimum absolute atomic E-state index is 0.0995. The number of carbonyl (C=O) groups is 1. The van der Waals surface area contributed by atoms with Gasteiger partial charge >= 0.3 is 6.18 Å². The summed E-state index contributed by atoms with van der Waals surface area (Å²) >= 11 is 2.86. The number of benzene rings is 2. The Bertz CT molecular complexity index is 1010. The number of nitrogens with zero attached hydrogens (tertiary/aromatic N) is 1. The number of nitrogens with two attached hydrogens (primary N) is 1. The zero-order valence-electron chi connectivity index (χ0n) is 12.8. The molecule has 8 heteroatoms. The summed E-state index contributed by atoms with van der Waals surface area (Å²) < 4.78 is 54.7. The first-order valence-electron chi connectivity index (χ1n) is 7.09. The van der Waals surface area contributed by atoms with Crippen molar-refractivity contribution in [3.05, 3.63) is 63.5 Å². The Morgan fingerprint density at radius 2 is 1.88 bits per heavy atom. The van der Waals surface area contributed by atoms with Gasteiger partial charge in [-0.1, -0.05) is 18.2 Å². The Morgan fingerprint density at radius 3 is 2.48 bits per heavy atom. The molecule has 0 saturated carbocycles. The van der Waals surface area contributed by atoms with Gasteiger partial charge in [0.2, 0.25) is 0 Å². The van der Waals surface area contributed by atoms with E-state index < -0.39 is 27.9 Å². The second-order valence-electron chi connectivity index (χ2n) is 5.50. The summed E-state index contributed by atoms with van der Waals surface area (Å²) in [4.78, 5) is 11.7. The highest BCUT2D eigenvalue weighted by molar-refractivity contribution is 9.10. The van der Waals surface area contributed by atoms with Gasteiger partial charge in [0.05, 0.1) is 26.8 Å². The van der Waals surface area contributed by atoms with Crippen LogP contribution < -0.4 is 5.73 Å². The molecule has 2 N–H and O–H groups in total. The second-order valence-corrected chi connectivity index (χ2v) is 6.30.